The van der Waals surface area contributed by atoms with E-state index in [1.165, 1.54) is 12.8 Å². The van der Waals surface area contributed by atoms with Gasteiger partial charge in [-0.05, 0) is 72.0 Å². The number of amides is 1. The van der Waals surface area contributed by atoms with Crippen LogP contribution >= 0.6 is 0 Å². The molecule has 4 heteroatoms. The molecule has 0 heterocycles. The van der Waals surface area contributed by atoms with Gasteiger partial charge in [0.2, 0.25) is 5.91 Å². The summed E-state index contributed by atoms with van der Waals surface area (Å²) in [6.07, 6.45) is 5.38. The van der Waals surface area contributed by atoms with Crippen LogP contribution in [0.2, 0.25) is 0 Å². The van der Waals surface area contributed by atoms with Crippen LogP contribution in [0.5, 0.6) is 0 Å². The lowest BCUT2D eigenvalue weighted by Gasteiger charge is -2.33. The average Bonchev–Trinajstić information content (AvgIpc) is 2.37. The van der Waals surface area contributed by atoms with Gasteiger partial charge in [0, 0.05) is 18.5 Å². The maximum atomic E-state index is 12.0. The van der Waals surface area contributed by atoms with Crippen LogP contribution in [-0.2, 0) is 4.79 Å². The molecule has 0 atom stereocenters. The van der Waals surface area contributed by atoms with Gasteiger partial charge in [0.05, 0.1) is 0 Å². The molecule has 0 spiro atoms. The van der Waals surface area contributed by atoms with Crippen molar-refractivity contribution in [1.29, 1.82) is 0 Å². The highest BCUT2D eigenvalue weighted by atomic mass is 16.1. The minimum Gasteiger partial charge on any atom is -0.354 e. The fraction of sp³-hybridized carbons (Fsp3) is 0.933. The third kappa shape index (κ3) is 5.49. The van der Waals surface area contributed by atoms with E-state index in [0.29, 0.717) is 24.8 Å². The van der Waals surface area contributed by atoms with Crippen molar-refractivity contribution < 1.29 is 4.79 Å². The monoisotopic (exact) mass is 269 g/mol. The zero-order chi connectivity index (χ0) is 14.5. The summed E-state index contributed by atoms with van der Waals surface area (Å²) in [5.41, 5.74) is 5.70. The summed E-state index contributed by atoms with van der Waals surface area (Å²) in [5, 5.41) is 3.07. The number of hydrogen-bond acceptors (Lipinski definition) is 3. The Morgan fingerprint density at radius 1 is 1.21 bits per heavy atom. The van der Waals surface area contributed by atoms with Crippen molar-refractivity contribution in [3.05, 3.63) is 0 Å². The van der Waals surface area contributed by atoms with Crippen molar-refractivity contribution in [2.45, 2.75) is 51.5 Å². The van der Waals surface area contributed by atoms with Gasteiger partial charge in [0.15, 0.2) is 0 Å². The Morgan fingerprint density at radius 2 is 1.74 bits per heavy atom. The maximum Gasteiger partial charge on any atom is 0.220 e. The number of nitrogens with one attached hydrogen (secondary N) is 1. The smallest absolute Gasteiger partial charge is 0.220 e. The Balaban J connectivity index is 2.25. The molecule has 0 unspecified atom stereocenters. The molecule has 3 N–H and O–H groups in total. The molecule has 0 saturated heterocycles. The average molecular weight is 269 g/mol. The van der Waals surface area contributed by atoms with Crippen molar-refractivity contribution in [3.8, 4) is 0 Å². The lowest BCUT2D eigenvalue weighted by atomic mass is 9.80. The highest BCUT2D eigenvalue weighted by Crippen LogP contribution is 2.30. The third-order valence-corrected chi connectivity index (χ3v) is 4.70. The van der Waals surface area contributed by atoms with Crippen LogP contribution in [0.25, 0.3) is 0 Å². The standard InChI is InChI=1S/C15H31N3O/c1-15(2,18(3)4)11-17-14(19)9-12-5-7-13(10-16)8-6-12/h12-13H,5-11,16H2,1-4H3,(H,17,19). The molecule has 0 aliphatic heterocycles. The van der Waals surface area contributed by atoms with Crippen molar-refractivity contribution in [3.63, 3.8) is 0 Å². The van der Waals surface area contributed by atoms with E-state index in [1.807, 2.05) is 14.1 Å². The maximum absolute atomic E-state index is 12.0. The highest BCUT2D eigenvalue weighted by Gasteiger charge is 2.24. The molecule has 0 aromatic carbocycles. The first-order valence-electron chi connectivity index (χ1n) is 7.49. The molecular formula is C15H31N3O. The van der Waals surface area contributed by atoms with E-state index in [0.717, 1.165) is 19.4 Å². The summed E-state index contributed by atoms with van der Waals surface area (Å²) >= 11 is 0. The first-order chi connectivity index (χ1) is 8.85. The number of hydrogen-bond donors (Lipinski definition) is 2. The van der Waals surface area contributed by atoms with Crippen LogP contribution in [0.1, 0.15) is 46.0 Å². The Morgan fingerprint density at radius 3 is 2.21 bits per heavy atom. The molecule has 1 saturated carbocycles. The van der Waals surface area contributed by atoms with E-state index in [2.05, 4.69) is 24.1 Å². The van der Waals surface area contributed by atoms with Crippen molar-refractivity contribution in [2.75, 3.05) is 27.2 Å². The van der Waals surface area contributed by atoms with Gasteiger partial charge in [0.1, 0.15) is 0 Å². The molecule has 1 amide bonds. The number of likely N-dealkylation sites (N-methyl/N-ethyl adjacent to an activating group) is 1. The molecule has 112 valence electrons. The summed E-state index contributed by atoms with van der Waals surface area (Å²) < 4.78 is 0. The van der Waals surface area contributed by atoms with Crippen molar-refractivity contribution in [2.24, 2.45) is 17.6 Å². The van der Waals surface area contributed by atoms with Crippen LogP contribution in [0.3, 0.4) is 0 Å². The fourth-order valence-electron chi connectivity index (χ4n) is 2.48. The van der Waals surface area contributed by atoms with E-state index >= 15 is 0 Å². The summed E-state index contributed by atoms with van der Waals surface area (Å²) in [4.78, 5) is 14.1. The van der Waals surface area contributed by atoms with Gasteiger partial charge in [-0.3, -0.25) is 4.79 Å². The minimum atomic E-state index is 0.00682. The molecule has 1 fully saturated rings. The highest BCUT2D eigenvalue weighted by molar-refractivity contribution is 5.76. The molecule has 19 heavy (non-hydrogen) atoms. The van der Waals surface area contributed by atoms with Gasteiger partial charge in [-0.25, -0.2) is 0 Å². The molecule has 0 radical (unpaired) electrons. The minimum absolute atomic E-state index is 0.00682. The zero-order valence-electron chi connectivity index (χ0n) is 13.0. The largest absolute Gasteiger partial charge is 0.354 e. The molecule has 1 aliphatic rings. The van der Waals surface area contributed by atoms with Gasteiger partial charge < -0.3 is 16.0 Å². The van der Waals surface area contributed by atoms with Gasteiger partial charge in [-0.1, -0.05) is 0 Å². The van der Waals surface area contributed by atoms with Gasteiger partial charge in [-0.15, -0.1) is 0 Å². The predicted octanol–water partition coefficient (Wildman–Crippen LogP) is 1.60. The second-order valence-electron chi connectivity index (χ2n) is 6.81. The molecule has 4 nitrogen and oxygen atoms in total. The third-order valence-electron chi connectivity index (χ3n) is 4.70. The normalized spacial score (nSPS) is 24.5. The Hall–Kier alpha value is -0.610. The lowest BCUT2D eigenvalue weighted by molar-refractivity contribution is -0.122. The SMILES string of the molecule is CN(C)C(C)(C)CNC(=O)CC1CCC(CN)CC1. The molecule has 0 aromatic rings. The van der Waals surface area contributed by atoms with Crippen LogP contribution in [0.15, 0.2) is 0 Å². The molecular weight excluding hydrogens is 238 g/mol. The number of nitrogens with zero attached hydrogens (tertiary/aromatic N) is 1. The topological polar surface area (TPSA) is 58.4 Å². The summed E-state index contributed by atoms with van der Waals surface area (Å²) in [5.74, 6) is 1.45. The van der Waals surface area contributed by atoms with Gasteiger partial charge >= 0.3 is 0 Å². The van der Waals surface area contributed by atoms with E-state index in [1.54, 1.807) is 0 Å². The molecule has 1 rings (SSSR count). The van der Waals surface area contributed by atoms with Crippen LogP contribution in [0.4, 0.5) is 0 Å². The zero-order valence-corrected chi connectivity index (χ0v) is 13.0. The Labute approximate surface area is 118 Å². The van der Waals surface area contributed by atoms with Crippen LogP contribution in [0, 0.1) is 11.8 Å². The van der Waals surface area contributed by atoms with E-state index in [9.17, 15) is 4.79 Å². The molecule has 0 aromatic heterocycles. The lowest BCUT2D eigenvalue weighted by Crippen LogP contribution is -2.48. The molecule has 1 aliphatic carbocycles. The van der Waals surface area contributed by atoms with Gasteiger partial charge in [-0.2, -0.15) is 0 Å². The quantitative estimate of drug-likeness (QED) is 0.770. The van der Waals surface area contributed by atoms with E-state index < -0.39 is 0 Å². The summed E-state index contributed by atoms with van der Waals surface area (Å²) in [6, 6.07) is 0. The second-order valence-corrected chi connectivity index (χ2v) is 6.81. The first-order valence-corrected chi connectivity index (χ1v) is 7.49. The van der Waals surface area contributed by atoms with Gasteiger partial charge in [0.25, 0.3) is 0 Å². The van der Waals surface area contributed by atoms with E-state index in [4.69, 9.17) is 5.73 Å². The van der Waals surface area contributed by atoms with E-state index in [-0.39, 0.29) is 11.4 Å². The van der Waals surface area contributed by atoms with Crippen molar-refractivity contribution in [1.82, 2.24) is 10.2 Å². The Bertz CT molecular complexity index is 281. The fourth-order valence-corrected chi connectivity index (χ4v) is 2.48. The Kier molecular flexibility index (Phi) is 6.27. The number of carbonyl (C=O) groups is 1. The second kappa shape index (κ2) is 7.25. The van der Waals surface area contributed by atoms with Crippen LogP contribution < -0.4 is 11.1 Å². The predicted molar refractivity (Wildman–Crippen MR) is 79.9 cm³/mol. The number of carbonyl (C=O) groups excluding carboxylic acids is 1. The van der Waals surface area contributed by atoms with Crippen LogP contribution in [-0.4, -0.2) is 43.5 Å². The summed E-state index contributed by atoms with van der Waals surface area (Å²) in [7, 11) is 4.08. The molecule has 0 bridgehead atoms. The first kappa shape index (κ1) is 16.4. The number of nitrogens with two attached hydrogens (primary N) is 1. The summed E-state index contributed by atoms with van der Waals surface area (Å²) in [6.45, 7) is 5.78. The van der Waals surface area contributed by atoms with Crippen molar-refractivity contribution >= 4 is 5.91 Å². The number of rotatable bonds is 6.